The average molecular weight is 392 g/mol. The van der Waals surface area contributed by atoms with E-state index in [-0.39, 0.29) is 19.1 Å². The second kappa shape index (κ2) is 8.40. The van der Waals surface area contributed by atoms with Crippen molar-refractivity contribution in [3.05, 3.63) is 58.4 Å². The van der Waals surface area contributed by atoms with Crippen LogP contribution in [0.3, 0.4) is 0 Å². The first-order chi connectivity index (χ1) is 12.6. The van der Waals surface area contributed by atoms with Crippen LogP contribution in [-0.4, -0.2) is 37.4 Å². The van der Waals surface area contributed by atoms with E-state index in [1.165, 1.54) is 11.3 Å². The third kappa shape index (κ3) is 4.27. The summed E-state index contributed by atoms with van der Waals surface area (Å²) in [5.74, 6) is 1.04. The molecule has 0 aliphatic heterocycles. The Labute approximate surface area is 160 Å². The number of thiophene rings is 1. The molecule has 3 rings (SSSR count). The zero-order valence-electron chi connectivity index (χ0n) is 14.1. The molecule has 0 fully saturated rings. The minimum Gasteiger partial charge on any atom is -0.497 e. The third-order valence-electron chi connectivity index (χ3n) is 3.74. The maximum Gasteiger partial charge on any atom is 0.263 e. The van der Waals surface area contributed by atoms with Crippen LogP contribution in [0.15, 0.2) is 48.5 Å². The number of nitrogens with one attached hydrogen (secondary N) is 1. The van der Waals surface area contributed by atoms with Gasteiger partial charge >= 0.3 is 0 Å². The normalized spacial score (nSPS) is 12.0. The van der Waals surface area contributed by atoms with Gasteiger partial charge in [0.2, 0.25) is 0 Å². The first kappa shape index (κ1) is 18.5. The van der Waals surface area contributed by atoms with Crippen LogP contribution < -0.4 is 14.8 Å². The first-order valence-corrected chi connectivity index (χ1v) is 9.18. The predicted octanol–water partition coefficient (Wildman–Crippen LogP) is 3.73. The Balaban J connectivity index is 1.52. The van der Waals surface area contributed by atoms with Crippen molar-refractivity contribution in [3.8, 4) is 11.5 Å². The minimum atomic E-state index is -0.839. The van der Waals surface area contributed by atoms with Gasteiger partial charge in [-0.3, -0.25) is 4.79 Å². The van der Waals surface area contributed by atoms with E-state index in [1.807, 2.05) is 24.3 Å². The minimum absolute atomic E-state index is 0.0623. The van der Waals surface area contributed by atoms with E-state index in [0.717, 1.165) is 15.8 Å². The van der Waals surface area contributed by atoms with Crippen molar-refractivity contribution in [1.82, 2.24) is 5.32 Å². The van der Waals surface area contributed by atoms with Crippen LogP contribution >= 0.6 is 22.9 Å². The van der Waals surface area contributed by atoms with Gasteiger partial charge in [-0.25, -0.2) is 0 Å². The maximum atomic E-state index is 12.3. The zero-order valence-corrected chi connectivity index (χ0v) is 15.6. The molecule has 5 nitrogen and oxygen atoms in total. The Bertz CT molecular complexity index is 894. The fourth-order valence-electron chi connectivity index (χ4n) is 2.37. The third-order valence-corrected chi connectivity index (χ3v) is 5.42. The molecule has 0 saturated carbocycles. The Morgan fingerprint density at radius 3 is 2.58 bits per heavy atom. The number of carbonyl (C=O) groups is 1. The molecular formula is C19H18ClNO4S. The van der Waals surface area contributed by atoms with Crippen molar-refractivity contribution in [3.63, 3.8) is 0 Å². The van der Waals surface area contributed by atoms with Crippen LogP contribution in [0.2, 0.25) is 5.02 Å². The highest BCUT2D eigenvalue weighted by molar-refractivity contribution is 7.21. The Hall–Kier alpha value is -2.28. The lowest BCUT2D eigenvalue weighted by Crippen LogP contribution is -2.35. The van der Waals surface area contributed by atoms with Crippen LogP contribution in [0.4, 0.5) is 0 Å². The molecule has 0 aliphatic rings. The molecule has 1 atom stereocenters. The Kier molecular flexibility index (Phi) is 5.98. The van der Waals surface area contributed by atoms with Crippen LogP contribution in [0, 0.1) is 0 Å². The Morgan fingerprint density at radius 1 is 1.19 bits per heavy atom. The number of aliphatic hydroxyl groups excluding tert-OH is 1. The highest BCUT2D eigenvalue weighted by Crippen LogP contribution is 2.34. The molecule has 2 N–H and O–H groups in total. The number of ether oxygens (including phenoxy) is 2. The molecule has 0 radical (unpaired) electrons. The van der Waals surface area contributed by atoms with Crippen molar-refractivity contribution < 1.29 is 19.4 Å². The fourth-order valence-corrected chi connectivity index (χ4v) is 3.81. The summed E-state index contributed by atoms with van der Waals surface area (Å²) < 4.78 is 11.5. The average Bonchev–Trinajstić information content (AvgIpc) is 3.02. The molecule has 26 heavy (non-hydrogen) atoms. The van der Waals surface area contributed by atoms with Crippen LogP contribution in [0.25, 0.3) is 10.1 Å². The quantitative estimate of drug-likeness (QED) is 0.644. The SMILES string of the molecule is COc1ccc(OC[C@@H](O)CNC(=O)c2sc3ccccc3c2Cl)cc1. The molecule has 1 amide bonds. The van der Waals surface area contributed by atoms with Gasteiger partial charge in [-0.2, -0.15) is 0 Å². The molecule has 0 bridgehead atoms. The van der Waals surface area contributed by atoms with Crippen molar-refractivity contribution in [2.45, 2.75) is 6.10 Å². The molecule has 3 aromatic rings. The number of carbonyl (C=O) groups excluding carboxylic acids is 1. The molecule has 0 spiro atoms. The number of aliphatic hydroxyl groups is 1. The van der Waals surface area contributed by atoms with Gasteiger partial charge in [0, 0.05) is 16.6 Å². The van der Waals surface area contributed by atoms with Crippen molar-refractivity contribution in [2.75, 3.05) is 20.3 Å². The number of fused-ring (bicyclic) bond motifs is 1. The number of amides is 1. The smallest absolute Gasteiger partial charge is 0.263 e. The van der Waals surface area contributed by atoms with E-state index < -0.39 is 6.10 Å². The van der Waals surface area contributed by atoms with E-state index in [4.69, 9.17) is 21.1 Å². The standard InChI is InChI=1S/C19H18ClNO4S/c1-24-13-6-8-14(9-7-13)25-11-12(22)10-21-19(23)18-17(20)15-4-2-3-5-16(15)26-18/h2-9,12,22H,10-11H2,1H3,(H,21,23)/t12-/m0/s1. The summed E-state index contributed by atoms with van der Waals surface area (Å²) in [6.45, 7) is 0.131. The molecule has 2 aromatic carbocycles. The van der Waals surface area contributed by atoms with Gasteiger partial charge in [0.25, 0.3) is 5.91 Å². The Morgan fingerprint density at radius 2 is 1.88 bits per heavy atom. The van der Waals surface area contributed by atoms with E-state index in [2.05, 4.69) is 5.32 Å². The predicted molar refractivity (Wildman–Crippen MR) is 104 cm³/mol. The van der Waals surface area contributed by atoms with Gasteiger partial charge in [-0.15, -0.1) is 11.3 Å². The lowest BCUT2D eigenvalue weighted by molar-refractivity contribution is 0.0847. The number of halogens is 1. The number of methoxy groups -OCH3 is 1. The summed E-state index contributed by atoms with van der Waals surface area (Å²) in [6, 6.07) is 14.6. The molecule has 0 aliphatic carbocycles. The first-order valence-electron chi connectivity index (χ1n) is 7.98. The van der Waals surface area contributed by atoms with Crippen LogP contribution in [0.5, 0.6) is 11.5 Å². The van der Waals surface area contributed by atoms with E-state index in [0.29, 0.717) is 15.6 Å². The van der Waals surface area contributed by atoms with Gasteiger partial charge in [-0.1, -0.05) is 29.8 Å². The van der Waals surface area contributed by atoms with E-state index in [9.17, 15) is 9.90 Å². The lowest BCUT2D eigenvalue weighted by atomic mass is 10.2. The molecule has 1 aromatic heterocycles. The number of benzene rings is 2. The molecule has 0 saturated heterocycles. The van der Waals surface area contributed by atoms with Gasteiger partial charge in [0.05, 0.1) is 12.1 Å². The molecule has 0 unspecified atom stereocenters. The van der Waals surface area contributed by atoms with E-state index in [1.54, 1.807) is 31.4 Å². The topological polar surface area (TPSA) is 67.8 Å². The highest BCUT2D eigenvalue weighted by Gasteiger charge is 2.17. The van der Waals surface area contributed by atoms with Crippen molar-refractivity contribution >= 4 is 38.9 Å². The largest absolute Gasteiger partial charge is 0.497 e. The monoisotopic (exact) mass is 391 g/mol. The van der Waals surface area contributed by atoms with E-state index >= 15 is 0 Å². The molecular weight excluding hydrogens is 374 g/mol. The van der Waals surface area contributed by atoms with Gasteiger partial charge in [0.1, 0.15) is 29.1 Å². The second-order valence-corrected chi connectivity index (χ2v) is 7.02. The summed E-state index contributed by atoms with van der Waals surface area (Å²) in [4.78, 5) is 12.8. The maximum absolute atomic E-state index is 12.3. The van der Waals surface area contributed by atoms with Crippen LogP contribution in [-0.2, 0) is 0 Å². The number of hydrogen-bond acceptors (Lipinski definition) is 5. The highest BCUT2D eigenvalue weighted by atomic mass is 35.5. The summed E-state index contributed by atoms with van der Waals surface area (Å²) >= 11 is 7.61. The van der Waals surface area contributed by atoms with Gasteiger partial charge < -0.3 is 19.9 Å². The molecule has 136 valence electrons. The molecule has 7 heteroatoms. The van der Waals surface area contributed by atoms with Crippen molar-refractivity contribution in [2.24, 2.45) is 0 Å². The fraction of sp³-hybridized carbons (Fsp3) is 0.211. The van der Waals surface area contributed by atoms with Gasteiger partial charge in [-0.05, 0) is 30.3 Å². The van der Waals surface area contributed by atoms with Crippen molar-refractivity contribution in [1.29, 1.82) is 0 Å². The van der Waals surface area contributed by atoms with Crippen LogP contribution in [0.1, 0.15) is 9.67 Å². The zero-order chi connectivity index (χ0) is 18.5. The lowest BCUT2D eigenvalue weighted by Gasteiger charge is -2.13. The summed E-state index contributed by atoms with van der Waals surface area (Å²) in [5.41, 5.74) is 0. The molecule has 1 heterocycles. The number of hydrogen-bond donors (Lipinski definition) is 2. The second-order valence-electron chi connectivity index (χ2n) is 5.59. The number of rotatable bonds is 7. The summed E-state index contributed by atoms with van der Waals surface area (Å²) in [7, 11) is 1.59. The summed E-state index contributed by atoms with van der Waals surface area (Å²) in [6.07, 6.45) is -0.839. The summed E-state index contributed by atoms with van der Waals surface area (Å²) in [5, 5.41) is 14.0. The van der Waals surface area contributed by atoms with Gasteiger partial charge in [0.15, 0.2) is 0 Å².